The summed E-state index contributed by atoms with van der Waals surface area (Å²) >= 11 is 0. The molecule has 22 heavy (non-hydrogen) atoms. The third-order valence-corrected chi connectivity index (χ3v) is 4.03. The van der Waals surface area contributed by atoms with E-state index in [4.69, 9.17) is 10.00 Å². The molecule has 0 fully saturated rings. The van der Waals surface area contributed by atoms with Gasteiger partial charge in [-0.2, -0.15) is 10.4 Å². The summed E-state index contributed by atoms with van der Waals surface area (Å²) in [5.74, 6) is -0.767. The predicted octanol–water partition coefficient (Wildman–Crippen LogP) is 1.26. The Morgan fingerprint density at radius 1 is 1.41 bits per heavy atom. The maximum atomic E-state index is 12.2. The lowest BCUT2D eigenvalue weighted by Gasteiger charge is -2.08. The molecule has 2 aromatic rings. The molecule has 1 heterocycles. The number of nitrogens with one attached hydrogen (secondary N) is 2. The number of nitriles is 1. The molecule has 2 rings (SSSR count). The van der Waals surface area contributed by atoms with E-state index >= 15 is 0 Å². The highest BCUT2D eigenvalue weighted by molar-refractivity contribution is 7.92. The first-order valence-electron chi connectivity index (χ1n) is 6.21. The number of esters is 1. The molecule has 0 aliphatic heterocycles. The van der Waals surface area contributed by atoms with E-state index in [1.165, 1.54) is 30.5 Å². The van der Waals surface area contributed by atoms with Gasteiger partial charge in [-0.3, -0.25) is 9.82 Å². The van der Waals surface area contributed by atoms with Crippen LogP contribution < -0.4 is 4.72 Å². The Balaban J connectivity index is 2.28. The molecule has 114 valence electrons. The smallest absolute Gasteiger partial charge is 0.343 e. The van der Waals surface area contributed by atoms with Crippen LogP contribution in [0.25, 0.3) is 0 Å². The number of ether oxygens (including phenoxy) is 1. The van der Waals surface area contributed by atoms with Gasteiger partial charge in [0.2, 0.25) is 0 Å². The van der Waals surface area contributed by atoms with Crippen molar-refractivity contribution in [1.82, 2.24) is 10.2 Å². The van der Waals surface area contributed by atoms with Crippen molar-refractivity contribution in [2.45, 2.75) is 11.8 Å². The van der Waals surface area contributed by atoms with Gasteiger partial charge in [-0.15, -0.1) is 0 Å². The lowest BCUT2D eigenvalue weighted by atomic mass is 10.2. The van der Waals surface area contributed by atoms with Gasteiger partial charge in [0.05, 0.1) is 29.3 Å². The van der Waals surface area contributed by atoms with Crippen LogP contribution in [-0.2, 0) is 14.8 Å². The van der Waals surface area contributed by atoms with E-state index in [1.807, 2.05) is 6.07 Å². The second-order valence-corrected chi connectivity index (χ2v) is 5.80. The predicted molar refractivity (Wildman–Crippen MR) is 76.5 cm³/mol. The average molecular weight is 320 g/mol. The monoisotopic (exact) mass is 320 g/mol. The van der Waals surface area contributed by atoms with Crippen LogP contribution in [0.1, 0.15) is 22.8 Å². The minimum absolute atomic E-state index is 0.0147. The molecule has 1 aromatic carbocycles. The van der Waals surface area contributed by atoms with Crippen molar-refractivity contribution in [3.8, 4) is 6.07 Å². The Morgan fingerprint density at radius 2 is 2.09 bits per heavy atom. The molecule has 0 unspecified atom stereocenters. The molecule has 0 saturated carbocycles. The van der Waals surface area contributed by atoms with Gasteiger partial charge in [0.15, 0.2) is 0 Å². The first-order valence-corrected chi connectivity index (χ1v) is 7.69. The average Bonchev–Trinajstić information content (AvgIpc) is 2.95. The lowest BCUT2D eigenvalue weighted by molar-refractivity contribution is 0.0527. The van der Waals surface area contributed by atoms with Gasteiger partial charge in [-0.1, -0.05) is 0 Å². The van der Waals surface area contributed by atoms with Crippen LogP contribution in [0.4, 0.5) is 5.82 Å². The molecule has 0 amide bonds. The van der Waals surface area contributed by atoms with Crippen molar-refractivity contribution in [3.63, 3.8) is 0 Å². The summed E-state index contributed by atoms with van der Waals surface area (Å²) in [4.78, 5) is 11.6. The number of hydrogen-bond donors (Lipinski definition) is 2. The largest absolute Gasteiger partial charge is 0.462 e. The number of hydrogen-bond acceptors (Lipinski definition) is 6. The Morgan fingerprint density at radius 3 is 2.68 bits per heavy atom. The second-order valence-electron chi connectivity index (χ2n) is 4.12. The number of H-pyrrole nitrogens is 1. The van der Waals surface area contributed by atoms with Crippen LogP contribution in [0.3, 0.4) is 0 Å². The third kappa shape index (κ3) is 3.24. The number of benzene rings is 1. The standard InChI is InChI=1S/C13H12N4O4S/c1-2-21-13(18)11-8-15-16-12(11)17-22(19,20)10-5-3-9(7-14)4-6-10/h3-6,8H,2H2,1H3,(H2,15,16,17). The molecular weight excluding hydrogens is 308 g/mol. The van der Waals surface area contributed by atoms with Gasteiger partial charge in [0.25, 0.3) is 10.0 Å². The second kappa shape index (κ2) is 6.28. The number of carbonyl (C=O) groups is 1. The van der Waals surface area contributed by atoms with Crippen LogP contribution in [0.15, 0.2) is 35.4 Å². The molecular formula is C13H12N4O4S. The molecule has 0 spiro atoms. The van der Waals surface area contributed by atoms with Crippen molar-refractivity contribution in [2.24, 2.45) is 0 Å². The summed E-state index contributed by atoms with van der Waals surface area (Å²) in [5.41, 5.74) is 0.326. The van der Waals surface area contributed by atoms with E-state index in [0.29, 0.717) is 5.56 Å². The number of rotatable bonds is 5. The van der Waals surface area contributed by atoms with E-state index in [0.717, 1.165) is 0 Å². The van der Waals surface area contributed by atoms with Gasteiger partial charge >= 0.3 is 5.97 Å². The summed E-state index contributed by atoms with van der Waals surface area (Å²) in [6, 6.07) is 7.25. The first-order chi connectivity index (χ1) is 10.5. The van der Waals surface area contributed by atoms with E-state index in [-0.39, 0.29) is 22.9 Å². The van der Waals surface area contributed by atoms with Gasteiger partial charge < -0.3 is 4.74 Å². The highest BCUT2D eigenvalue weighted by atomic mass is 32.2. The maximum absolute atomic E-state index is 12.2. The Labute approximate surface area is 126 Å². The number of carbonyl (C=O) groups excluding carboxylic acids is 1. The molecule has 9 heteroatoms. The zero-order valence-corrected chi connectivity index (χ0v) is 12.3. The molecule has 0 radical (unpaired) electrons. The van der Waals surface area contributed by atoms with Crippen molar-refractivity contribution < 1.29 is 17.9 Å². The van der Waals surface area contributed by atoms with Crippen molar-refractivity contribution in [2.75, 3.05) is 11.3 Å². The normalized spacial score (nSPS) is 10.7. The van der Waals surface area contributed by atoms with Gasteiger partial charge in [-0.25, -0.2) is 13.2 Å². The summed E-state index contributed by atoms with van der Waals surface area (Å²) in [6.45, 7) is 1.80. The van der Waals surface area contributed by atoms with Crippen molar-refractivity contribution >= 4 is 21.8 Å². The summed E-state index contributed by atoms with van der Waals surface area (Å²) < 4.78 is 31.5. The Bertz CT molecular complexity index is 818. The Kier molecular flexibility index (Phi) is 4.43. The highest BCUT2D eigenvalue weighted by Crippen LogP contribution is 2.18. The number of aromatic nitrogens is 2. The lowest BCUT2D eigenvalue weighted by Crippen LogP contribution is -2.16. The molecule has 8 nitrogen and oxygen atoms in total. The van der Waals surface area contributed by atoms with Crippen LogP contribution in [0.2, 0.25) is 0 Å². The molecule has 0 atom stereocenters. The molecule has 2 N–H and O–H groups in total. The molecule has 1 aromatic heterocycles. The topological polar surface area (TPSA) is 125 Å². The van der Waals surface area contributed by atoms with Crippen molar-refractivity contribution in [3.05, 3.63) is 41.6 Å². The molecule has 0 aliphatic carbocycles. The summed E-state index contributed by atoms with van der Waals surface area (Å²) in [5, 5.41) is 14.7. The van der Waals surface area contributed by atoms with E-state index < -0.39 is 16.0 Å². The number of aromatic amines is 1. The van der Waals surface area contributed by atoms with E-state index in [9.17, 15) is 13.2 Å². The number of sulfonamides is 1. The van der Waals surface area contributed by atoms with Crippen molar-refractivity contribution in [1.29, 1.82) is 5.26 Å². The van der Waals surface area contributed by atoms with Crippen LogP contribution in [-0.4, -0.2) is 31.2 Å². The number of nitrogens with zero attached hydrogens (tertiary/aromatic N) is 2. The van der Waals surface area contributed by atoms with Gasteiger partial charge in [0, 0.05) is 0 Å². The van der Waals surface area contributed by atoms with Crippen LogP contribution in [0, 0.1) is 11.3 Å². The highest BCUT2D eigenvalue weighted by Gasteiger charge is 2.21. The van der Waals surface area contributed by atoms with E-state index in [2.05, 4.69) is 14.9 Å². The zero-order chi connectivity index (χ0) is 16.2. The zero-order valence-electron chi connectivity index (χ0n) is 11.5. The maximum Gasteiger partial charge on any atom is 0.343 e. The minimum Gasteiger partial charge on any atom is -0.462 e. The third-order valence-electron chi connectivity index (χ3n) is 2.66. The fourth-order valence-electron chi connectivity index (χ4n) is 1.63. The number of anilines is 1. The van der Waals surface area contributed by atoms with Crippen LogP contribution >= 0.6 is 0 Å². The Hall–Kier alpha value is -2.86. The molecule has 0 aliphatic rings. The first kappa shape index (κ1) is 15.5. The summed E-state index contributed by atoms with van der Waals surface area (Å²) in [7, 11) is -3.92. The van der Waals surface area contributed by atoms with E-state index in [1.54, 1.807) is 6.92 Å². The summed E-state index contributed by atoms with van der Waals surface area (Å²) in [6.07, 6.45) is 1.18. The van der Waals surface area contributed by atoms with Gasteiger partial charge in [0.1, 0.15) is 11.4 Å². The molecule has 0 saturated heterocycles. The SMILES string of the molecule is CCOC(=O)c1cn[nH]c1NS(=O)(=O)c1ccc(C#N)cc1. The fourth-order valence-corrected chi connectivity index (χ4v) is 2.67. The van der Waals surface area contributed by atoms with Crippen LogP contribution in [0.5, 0.6) is 0 Å². The minimum atomic E-state index is -3.92. The molecule has 0 bridgehead atoms. The quantitative estimate of drug-likeness (QED) is 0.799. The fraction of sp³-hybridized carbons (Fsp3) is 0.154. The van der Waals surface area contributed by atoms with Gasteiger partial charge in [-0.05, 0) is 31.2 Å².